The molecule has 4 rings (SSSR count). The molecule has 0 saturated carbocycles. The first-order valence-electron chi connectivity index (χ1n) is 12.7. The summed E-state index contributed by atoms with van der Waals surface area (Å²) in [7, 11) is 0. The fourth-order valence-corrected chi connectivity index (χ4v) is 4.63. The molecule has 0 aromatic heterocycles. The Morgan fingerprint density at radius 3 is 2.25 bits per heavy atom. The van der Waals surface area contributed by atoms with Crippen molar-refractivity contribution in [3.8, 4) is 0 Å². The van der Waals surface area contributed by atoms with Crippen molar-refractivity contribution >= 4 is 22.6 Å². The predicted molar refractivity (Wildman–Crippen MR) is 147 cm³/mol. The average Bonchev–Trinajstić information content (AvgIpc) is 2.91. The van der Waals surface area contributed by atoms with Crippen LogP contribution < -0.4 is 5.32 Å². The van der Waals surface area contributed by atoms with Crippen molar-refractivity contribution < 1.29 is 9.59 Å². The highest BCUT2D eigenvalue weighted by atomic mass is 16.2. The Labute approximate surface area is 214 Å². The lowest BCUT2D eigenvalue weighted by Crippen LogP contribution is -2.50. The Morgan fingerprint density at radius 1 is 0.806 bits per heavy atom. The van der Waals surface area contributed by atoms with E-state index in [2.05, 4.69) is 29.6 Å². The maximum absolute atomic E-state index is 13.8. The van der Waals surface area contributed by atoms with Gasteiger partial charge in [0, 0.05) is 25.9 Å². The molecular formula is C32H34N2O2. The van der Waals surface area contributed by atoms with E-state index < -0.39 is 6.04 Å². The normalized spacial score (nSPS) is 11.7. The molecule has 0 bridgehead atoms. The van der Waals surface area contributed by atoms with Crippen LogP contribution in [0.25, 0.3) is 10.8 Å². The molecule has 2 amide bonds. The second kappa shape index (κ2) is 12.2. The Morgan fingerprint density at radius 2 is 1.50 bits per heavy atom. The zero-order chi connectivity index (χ0) is 25.3. The molecule has 4 nitrogen and oxygen atoms in total. The molecule has 4 heteroatoms. The van der Waals surface area contributed by atoms with Gasteiger partial charge in [-0.1, -0.05) is 103 Å². The van der Waals surface area contributed by atoms with Crippen molar-refractivity contribution in [3.05, 3.63) is 119 Å². The molecule has 0 saturated heterocycles. The van der Waals surface area contributed by atoms with E-state index in [0.29, 0.717) is 32.4 Å². The molecule has 0 aliphatic heterocycles. The zero-order valence-electron chi connectivity index (χ0n) is 21.1. The van der Waals surface area contributed by atoms with Gasteiger partial charge in [-0.25, -0.2) is 0 Å². The summed E-state index contributed by atoms with van der Waals surface area (Å²) in [5.41, 5.74) is 4.36. The third-order valence-corrected chi connectivity index (χ3v) is 6.58. The number of hydrogen-bond acceptors (Lipinski definition) is 2. The highest BCUT2D eigenvalue weighted by Gasteiger charge is 2.30. The molecule has 0 radical (unpaired) electrons. The van der Waals surface area contributed by atoms with E-state index in [1.54, 1.807) is 4.90 Å². The Bertz CT molecular complexity index is 1290. The minimum absolute atomic E-state index is 0.0179. The van der Waals surface area contributed by atoms with Gasteiger partial charge in [0.2, 0.25) is 11.8 Å². The summed E-state index contributed by atoms with van der Waals surface area (Å²) in [6.45, 7) is 4.86. The third-order valence-electron chi connectivity index (χ3n) is 6.58. The summed E-state index contributed by atoms with van der Waals surface area (Å²) in [5, 5.41) is 5.30. The Kier molecular flexibility index (Phi) is 8.51. The Hall–Kier alpha value is -3.92. The van der Waals surface area contributed by atoms with Crippen LogP contribution in [0.1, 0.15) is 35.6 Å². The number of fused-ring (bicyclic) bond motifs is 1. The molecule has 0 aliphatic rings. The van der Waals surface area contributed by atoms with Gasteiger partial charge in [0.15, 0.2) is 0 Å². The molecule has 1 N–H and O–H groups in total. The molecule has 0 heterocycles. The van der Waals surface area contributed by atoms with Crippen molar-refractivity contribution in [2.45, 2.75) is 45.7 Å². The Balaban J connectivity index is 1.62. The summed E-state index contributed by atoms with van der Waals surface area (Å²) < 4.78 is 0. The van der Waals surface area contributed by atoms with Crippen molar-refractivity contribution in [1.82, 2.24) is 10.2 Å². The average molecular weight is 479 g/mol. The molecule has 184 valence electrons. The molecule has 0 spiro atoms. The number of amides is 2. The van der Waals surface area contributed by atoms with Crippen LogP contribution in [0.2, 0.25) is 0 Å². The fraction of sp³-hybridized carbons (Fsp3) is 0.250. The maximum atomic E-state index is 13.8. The van der Waals surface area contributed by atoms with E-state index in [4.69, 9.17) is 0 Å². The van der Waals surface area contributed by atoms with E-state index in [1.807, 2.05) is 86.6 Å². The number of nitrogens with zero attached hydrogens (tertiary/aromatic N) is 1. The van der Waals surface area contributed by atoms with Gasteiger partial charge in [-0.15, -0.1) is 0 Å². The standard InChI is InChI=1S/C32H34N2O2/c1-3-33-32(36)30(22-25-10-5-4-6-11-25)34(23-26-18-16-24(2)17-19-26)31(35)21-20-28-14-9-13-27-12-7-8-15-29(27)28/h4-19,30H,3,20-23H2,1-2H3,(H,33,36)/t30-/m0/s1. The SMILES string of the molecule is CCNC(=O)[C@H](Cc1ccccc1)N(Cc1ccc(C)cc1)C(=O)CCc1cccc2ccccc12. The van der Waals surface area contributed by atoms with E-state index in [-0.39, 0.29) is 11.8 Å². The van der Waals surface area contributed by atoms with Gasteiger partial charge in [0.05, 0.1) is 0 Å². The first-order chi connectivity index (χ1) is 17.5. The second-order valence-corrected chi connectivity index (χ2v) is 9.25. The lowest BCUT2D eigenvalue weighted by atomic mass is 9.99. The molecule has 0 fully saturated rings. The topological polar surface area (TPSA) is 49.4 Å². The van der Waals surface area contributed by atoms with E-state index in [9.17, 15) is 9.59 Å². The summed E-state index contributed by atoms with van der Waals surface area (Å²) in [5.74, 6) is -0.136. The number of likely N-dealkylation sites (N-methyl/N-ethyl adjacent to an activating group) is 1. The van der Waals surface area contributed by atoms with Crippen LogP contribution in [0.4, 0.5) is 0 Å². The van der Waals surface area contributed by atoms with E-state index >= 15 is 0 Å². The van der Waals surface area contributed by atoms with Gasteiger partial charge in [-0.3, -0.25) is 9.59 Å². The highest BCUT2D eigenvalue weighted by Crippen LogP contribution is 2.22. The number of carbonyl (C=O) groups excluding carboxylic acids is 2. The largest absolute Gasteiger partial charge is 0.355 e. The number of hydrogen-bond donors (Lipinski definition) is 1. The smallest absolute Gasteiger partial charge is 0.243 e. The molecular weight excluding hydrogens is 444 g/mol. The quantitative estimate of drug-likeness (QED) is 0.310. The minimum Gasteiger partial charge on any atom is -0.355 e. The first-order valence-corrected chi connectivity index (χ1v) is 12.7. The zero-order valence-corrected chi connectivity index (χ0v) is 21.1. The van der Waals surface area contributed by atoms with Crippen molar-refractivity contribution in [2.24, 2.45) is 0 Å². The minimum atomic E-state index is -0.589. The van der Waals surface area contributed by atoms with Crippen LogP contribution in [0.15, 0.2) is 97.1 Å². The van der Waals surface area contributed by atoms with E-state index in [1.165, 1.54) is 10.8 Å². The lowest BCUT2D eigenvalue weighted by molar-refractivity contribution is -0.141. The van der Waals surface area contributed by atoms with Crippen LogP contribution in [-0.2, 0) is 29.0 Å². The predicted octanol–water partition coefficient (Wildman–Crippen LogP) is 5.86. The molecule has 1 atom stereocenters. The summed E-state index contributed by atoms with van der Waals surface area (Å²) >= 11 is 0. The molecule has 36 heavy (non-hydrogen) atoms. The van der Waals surface area contributed by atoms with Crippen molar-refractivity contribution in [3.63, 3.8) is 0 Å². The van der Waals surface area contributed by atoms with Crippen LogP contribution in [0.5, 0.6) is 0 Å². The molecule has 4 aromatic carbocycles. The van der Waals surface area contributed by atoms with Gasteiger partial charge in [0.25, 0.3) is 0 Å². The summed E-state index contributed by atoms with van der Waals surface area (Å²) in [6.07, 6.45) is 1.43. The number of rotatable bonds is 10. The van der Waals surface area contributed by atoms with Gasteiger partial charge in [-0.2, -0.15) is 0 Å². The molecule has 0 unspecified atom stereocenters. The number of benzene rings is 4. The number of carbonyl (C=O) groups is 2. The van der Waals surface area contributed by atoms with Gasteiger partial charge in [0.1, 0.15) is 6.04 Å². The lowest BCUT2D eigenvalue weighted by Gasteiger charge is -2.31. The molecule has 4 aromatic rings. The highest BCUT2D eigenvalue weighted by molar-refractivity contribution is 5.89. The number of aryl methyl sites for hydroxylation is 2. The van der Waals surface area contributed by atoms with Crippen LogP contribution in [0.3, 0.4) is 0 Å². The number of nitrogens with one attached hydrogen (secondary N) is 1. The monoisotopic (exact) mass is 478 g/mol. The van der Waals surface area contributed by atoms with Gasteiger partial charge in [-0.05, 0) is 47.7 Å². The van der Waals surface area contributed by atoms with Crippen molar-refractivity contribution in [2.75, 3.05) is 6.54 Å². The van der Waals surface area contributed by atoms with Crippen LogP contribution in [0, 0.1) is 6.92 Å². The van der Waals surface area contributed by atoms with Crippen LogP contribution in [-0.4, -0.2) is 29.3 Å². The van der Waals surface area contributed by atoms with Crippen LogP contribution >= 0.6 is 0 Å². The van der Waals surface area contributed by atoms with Gasteiger partial charge >= 0.3 is 0 Å². The van der Waals surface area contributed by atoms with E-state index in [0.717, 1.165) is 22.3 Å². The van der Waals surface area contributed by atoms with Gasteiger partial charge < -0.3 is 10.2 Å². The summed E-state index contributed by atoms with van der Waals surface area (Å²) in [6, 6.07) is 32.0. The second-order valence-electron chi connectivity index (χ2n) is 9.25. The maximum Gasteiger partial charge on any atom is 0.243 e. The van der Waals surface area contributed by atoms with Crippen molar-refractivity contribution in [1.29, 1.82) is 0 Å². The fourth-order valence-electron chi connectivity index (χ4n) is 4.63. The summed E-state index contributed by atoms with van der Waals surface area (Å²) in [4.78, 5) is 28.9. The first kappa shape index (κ1) is 25.2. The molecule has 0 aliphatic carbocycles. The third kappa shape index (κ3) is 6.39.